The van der Waals surface area contributed by atoms with Crippen molar-refractivity contribution in [2.45, 2.75) is 19.3 Å². The molecular weight excluding hydrogens is 274 g/mol. The van der Waals surface area contributed by atoms with Gasteiger partial charge in [-0.05, 0) is 24.3 Å². The predicted molar refractivity (Wildman–Crippen MR) is 83.3 cm³/mol. The van der Waals surface area contributed by atoms with Crippen LogP contribution >= 0.6 is 11.8 Å². The lowest BCUT2D eigenvalue weighted by Gasteiger charge is -2.18. The third kappa shape index (κ3) is 3.10. The Balaban J connectivity index is 2.14. The van der Waals surface area contributed by atoms with E-state index in [0.717, 1.165) is 17.2 Å². The zero-order valence-electron chi connectivity index (χ0n) is 11.7. The maximum atomic E-state index is 10.1. The second kappa shape index (κ2) is 6.70. The summed E-state index contributed by atoms with van der Waals surface area (Å²) in [6, 6.07) is 3.42. The molecular formula is C15H19NO3S. The van der Waals surface area contributed by atoms with Gasteiger partial charge in [-0.2, -0.15) is 0 Å². The first-order chi connectivity index (χ1) is 9.67. The topological polar surface area (TPSA) is 62.0 Å². The highest BCUT2D eigenvalue weighted by Crippen LogP contribution is 2.41. The second-order valence-corrected chi connectivity index (χ2v) is 5.66. The maximum Gasteiger partial charge on any atom is 0.200 e. The van der Waals surface area contributed by atoms with Crippen molar-refractivity contribution in [3.8, 4) is 17.2 Å². The first-order valence-electron chi connectivity index (χ1n) is 6.61. The number of benzene rings is 1. The molecule has 4 nitrogen and oxygen atoms in total. The van der Waals surface area contributed by atoms with E-state index in [0.29, 0.717) is 12.1 Å². The van der Waals surface area contributed by atoms with Crippen LogP contribution in [0.2, 0.25) is 0 Å². The lowest BCUT2D eigenvalue weighted by Crippen LogP contribution is -2.07. The quantitative estimate of drug-likeness (QED) is 0.836. The fourth-order valence-corrected chi connectivity index (χ4v) is 2.80. The van der Waals surface area contributed by atoms with E-state index in [2.05, 4.69) is 11.9 Å². The Kier molecular flexibility index (Phi) is 4.95. The van der Waals surface area contributed by atoms with E-state index < -0.39 is 0 Å². The summed E-state index contributed by atoms with van der Waals surface area (Å²) < 4.78 is 4.97. The summed E-state index contributed by atoms with van der Waals surface area (Å²) in [5.41, 5.74) is 0.669. The molecule has 0 radical (unpaired) electrons. The third-order valence-corrected chi connectivity index (χ3v) is 4.31. The van der Waals surface area contributed by atoms with Gasteiger partial charge in [0.25, 0.3) is 0 Å². The first kappa shape index (κ1) is 14.8. The zero-order valence-corrected chi connectivity index (χ0v) is 12.5. The summed E-state index contributed by atoms with van der Waals surface area (Å²) in [5.74, 6) is 0.974. The van der Waals surface area contributed by atoms with Gasteiger partial charge in [-0.15, -0.1) is 11.8 Å². The van der Waals surface area contributed by atoms with Gasteiger partial charge >= 0.3 is 0 Å². The average molecular weight is 293 g/mol. The lowest BCUT2D eigenvalue weighted by atomic mass is 9.96. The van der Waals surface area contributed by atoms with Crippen LogP contribution in [0.15, 0.2) is 29.3 Å². The zero-order chi connectivity index (χ0) is 14.5. The molecule has 0 aromatic heterocycles. The van der Waals surface area contributed by atoms with Gasteiger partial charge in [0.2, 0.25) is 5.75 Å². The fourth-order valence-electron chi connectivity index (χ4n) is 2.04. The highest BCUT2D eigenvalue weighted by Gasteiger charge is 2.20. The average Bonchev–Trinajstić information content (AvgIpc) is 2.48. The minimum atomic E-state index is -0.214. The van der Waals surface area contributed by atoms with Gasteiger partial charge in [0, 0.05) is 11.5 Å². The highest BCUT2D eigenvalue weighted by atomic mass is 32.2. The number of hydrogen-bond donors (Lipinski definition) is 2. The number of dihydropyridines is 1. The molecule has 5 heteroatoms. The Morgan fingerprint density at radius 2 is 2.15 bits per heavy atom. The van der Waals surface area contributed by atoms with E-state index in [1.54, 1.807) is 23.9 Å². The lowest BCUT2D eigenvalue weighted by molar-refractivity contribution is 0.348. The Bertz CT molecular complexity index is 540. The predicted octanol–water partition coefficient (Wildman–Crippen LogP) is 3.30. The van der Waals surface area contributed by atoms with E-state index in [9.17, 15) is 10.2 Å². The highest BCUT2D eigenvalue weighted by molar-refractivity contribution is 8.14. The van der Waals surface area contributed by atoms with Crippen LogP contribution in [0.3, 0.4) is 0 Å². The summed E-state index contributed by atoms with van der Waals surface area (Å²) in [5, 5.41) is 20.9. The summed E-state index contributed by atoms with van der Waals surface area (Å²) >= 11 is 1.74. The Morgan fingerprint density at radius 1 is 1.35 bits per heavy atom. The van der Waals surface area contributed by atoms with Crippen molar-refractivity contribution >= 4 is 16.8 Å². The van der Waals surface area contributed by atoms with Crippen molar-refractivity contribution in [2.24, 2.45) is 4.99 Å². The molecule has 1 aromatic carbocycles. The van der Waals surface area contributed by atoms with Crippen LogP contribution in [0.1, 0.15) is 24.8 Å². The van der Waals surface area contributed by atoms with Crippen molar-refractivity contribution in [1.29, 1.82) is 0 Å². The molecule has 0 fully saturated rings. The van der Waals surface area contributed by atoms with E-state index in [-0.39, 0.29) is 23.2 Å². The van der Waals surface area contributed by atoms with Crippen molar-refractivity contribution in [2.75, 3.05) is 19.4 Å². The molecule has 108 valence electrons. The summed E-state index contributed by atoms with van der Waals surface area (Å²) in [4.78, 5) is 4.51. The van der Waals surface area contributed by atoms with E-state index >= 15 is 0 Å². The number of nitrogens with zero attached hydrogens (tertiary/aromatic N) is 1. The van der Waals surface area contributed by atoms with Crippen LogP contribution in [0.4, 0.5) is 0 Å². The fraction of sp³-hybridized carbons (Fsp3) is 0.400. The molecule has 0 bridgehead atoms. The summed E-state index contributed by atoms with van der Waals surface area (Å²) in [6.07, 6.45) is 5.12. The molecule has 1 heterocycles. The molecule has 2 N–H and O–H groups in total. The molecule has 20 heavy (non-hydrogen) atoms. The molecule has 1 atom stereocenters. The number of thioether (sulfide) groups is 1. The molecule has 1 aromatic rings. The number of phenolic OH excluding ortho intramolecular Hbond substituents is 2. The van der Waals surface area contributed by atoms with Gasteiger partial charge in [0.15, 0.2) is 11.5 Å². The smallest absolute Gasteiger partial charge is 0.200 e. The van der Waals surface area contributed by atoms with Gasteiger partial charge < -0.3 is 14.9 Å². The number of hydrogen-bond acceptors (Lipinski definition) is 5. The number of phenols is 2. The summed E-state index contributed by atoms with van der Waals surface area (Å²) in [7, 11) is 1.45. The number of aliphatic imine (C=N–C) groups is 1. The minimum Gasteiger partial charge on any atom is -0.504 e. The molecule has 0 spiro atoms. The van der Waals surface area contributed by atoms with E-state index in [1.807, 2.05) is 12.2 Å². The molecule has 1 aliphatic heterocycles. The van der Waals surface area contributed by atoms with Gasteiger partial charge in [0.1, 0.15) is 0 Å². The first-order valence-corrected chi connectivity index (χ1v) is 7.60. The Labute approximate surface area is 123 Å². The number of aromatic hydroxyl groups is 2. The normalized spacial score (nSPS) is 17.9. The Morgan fingerprint density at radius 3 is 2.75 bits per heavy atom. The van der Waals surface area contributed by atoms with Gasteiger partial charge in [0.05, 0.1) is 18.7 Å². The van der Waals surface area contributed by atoms with Crippen LogP contribution < -0.4 is 4.74 Å². The molecule has 0 saturated heterocycles. The molecule has 1 aliphatic rings. The SMILES string of the molecule is CCCSC1=NCC(c2ccc(OC)c(O)c2O)C=C1. The molecule has 0 saturated carbocycles. The number of ether oxygens (including phenoxy) is 1. The second-order valence-electron chi connectivity index (χ2n) is 4.55. The van der Waals surface area contributed by atoms with E-state index in [4.69, 9.17) is 4.74 Å². The van der Waals surface area contributed by atoms with Crippen LogP contribution in [0.5, 0.6) is 17.2 Å². The van der Waals surface area contributed by atoms with Gasteiger partial charge in [-0.25, -0.2) is 0 Å². The number of rotatable bonds is 4. The monoisotopic (exact) mass is 293 g/mol. The number of methoxy groups -OCH3 is 1. The van der Waals surface area contributed by atoms with Gasteiger partial charge in [-0.1, -0.05) is 19.1 Å². The standard InChI is InChI=1S/C15H19NO3S/c1-3-8-20-13-7-4-10(9-16-13)11-5-6-12(19-2)15(18)14(11)17/h4-7,10,17-18H,3,8-9H2,1-2H3. The third-order valence-electron chi connectivity index (χ3n) is 3.13. The molecule has 1 unspecified atom stereocenters. The van der Waals surface area contributed by atoms with Crippen molar-refractivity contribution in [1.82, 2.24) is 0 Å². The largest absolute Gasteiger partial charge is 0.504 e. The van der Waals surface area contributed by atoms with Crippen LogP contribution in [0.25, 0.3) is 0 Å². The van der Waals surface area contributed by atoms with Crippen LogP contribution in [-0.2, 0) is 0 Å². The van der Waals surface area contributed by atoms with Crippen molar-refractivity contribution in [3.63, 3.8) is 0 Å². The van der Waals surface area contributed by atoms with E-state index in [1.165, 1.54) is 7.11 Å². The molecule has 0 amide bonds. The molecule has 0 aliphatic carbocycles. The molecule has 2 rings (SSSR count). The van der Waals surface area contributed by atoms with Gasteiger partial charge in [-0.3, -0.25) is 4.99 Å². The van der Waals surface area contributed by atoms with Crippen LogP contribution in [0, 0.1) is 0 Å². The van der Waals surface area contributed by atoms with Crippen LogP contribution in [-0.4, -0.2) is 34.7 Å². The van der Waals surface area contributed by atoms with Crippen molar-refractivity contribution in [3.05, 3.63) is 29.8 Å². The van der Waals surface area contributed by atoms with Crippen molar-refractivity contribution < 1.29 is 14.9 Å². The summed E-state index contributed by atoms with van der Waals surface area (Å²) in [6.45, 7) is 2.73. The minimum absolute atomic E-state index is 0.0159. The Hall–Kier alpha value is -1.62. The maximum absolute atomic E-state index is 10.1.